The maximum atomic E-state index is 13.9. The Labute approximate surface area is 183 Å². The van der Waals surface area contributed by atoms with Crippen LogP contribution < -0.4 is 9.62 Å². The van der Waals surface area contributed by atoms with Crippen molar-refractivity contribution < 1.29 is 22.0 Å². The van der Waals surface area contributed by atoms with Gasteiger partial charge in [-0.05, 0) is 66.9 Å². The first-order chi connectivity index (χ1) is 14.8. The Bertz CT molecular complexity index is 1240. The number of halogens is 3. The number of nitrogens with zero attached hydrogens (tertiary/aromatic N) is 1. The number of benzene rings is 3. The van der Waals surface area contributed by atoms with E-state index in [0.717, 1.165) is 17.7 Å². The van der Waals surface area contributed by atoms with E-state index in [2.05, 4.69) is 5.32 Å². The molecule has 5 nitrogen and oxygen atoms in total. The smallest absolute Gasteiger partial charge is 0.264 e. The molecular formula is C22H17ClF2N2O3S. The van der Waals surface area contributed by atoms with E-state index in [1.165, 1.54) is 40.7 Å². The van der Waals surface area contributed by atoms with Gasteiger partial charge in [0.2, 0.25) is 0 Å². The minimum Gasteiger partial charge on any atom is -0.322 e. The molecule has 3 aromatic carbocycles. The highest BCUT2D eigenvalue weighted by Crippen LogP contribution is 2.34. The summed E-state index contributed by atoms with van der Waals surface area (Å²) in [7, 11) is -3.86. The van der Waals surface area contributed by atoms with Crippen LogP contribution in [0.25, 0.3) is 0 Å². The fourth-order valence-electron chi connectivity index (χ4n) is 3.51. The van der Waals surface area contributed by atoms with Crippen LogP contribution in [0.2, 0.25) is 5.02 Å². The Hall–Kier alpha value is -2.97. The van der Waals surface area contributed by atoms with Gasteiger partial charge in [-0.3, -0.25) is 9.10 Å². The quantitative estimate of drug-likeness (QED) is 0.592. The lowest BCUT2D eigenvalue weighted by atomic mass is 10.0. The lowest BCUT2D eigenvalue weighted by Crippen LogP contribution is -2.35. The van der Waals surface area contributed by atoms with E-state index in [1.54, 1.807) is 12.1 Å². The number of rotatable bonds is 4. The highest BCUT2D eigenvalue weighted by atomic mass is 35.5. The summed E-state index contributed by atoms with van der Waals surface area (Å²) in [5, 5.41) is 2.87. The van der Waals surface area contributed by atoms with Gasteiger partial charge in [0.05, 0.1) is 10.6 Å². The molecule has 0 radical (unpaired) electrons. The zero-order valence-electron chi connectivity index (χ0n) is 16.1. The number of carbonyl (C=O) groups excluding carboxylic acids is 1. The van der Waals surface area contributed by atoms with Crippen LogP contribution in [0.5, 0.6) is 0 Å². The van der Waals surface area contributed by atoms with Crippen molar-refractivity contribution in [3.05, 3.63) is 88.4 Å². The fourth-order valence-corrected chi connectivity index (χ4v) is 5.17. The summed E-state index contributed by atoms with van der Waals surface area (Å²) >= 11 is 5.87. The molecule has 0 aromatic heterocycles. The summed E-state index contributed by atoms with van der Waals surface area (Å²) < 4.78 is 55.5. The van der Waals surface area contributed by atoms with Crippen LogP contribution in [-0.2, 0) is 16.4 Å². The number of anilines is 2. The van der Waals surface area contributed by atoms with E-state index >= 15 is 0 Å². The molecule has 1 aliphatic rings. The minimum absolute atomic E-state index is 0.0904. The number of sulfonamides is 1. The third-order valence-electron chi connectivity index (χ3n) is 5.01. The van der Waals surface area contributed by atoms with Crippen molar-refractivity contribution in [3.63, 3.8) is 0 Å². The molecule has 0 saturated heterocycles. The molecule has 1 heterocycles. The Balaban J connectivity index is 1.68. The highest BCUT2D eigenvalue weighted by molar-refractivity contribution is 7.92. The first-order valence-corrected chi connectivity index (χ1v) is 11.3. The average Bonchev–Trinajstić information content (AvgIpc) is 2.73. The largest absolute Gasteiger partial charge is 0.322 e. The molecule has 0 saturated carbocycles. The van der Waals surface area contributed by atoms with Crippen molar-refractivity contribution >= 4 is 38.9 Å². The predicted molar refractivity (Wildman–Crippen MR) is 115 cm³/mol. The van der Waals surface area contributed by atoms with Gasteiger partial charge in [0.15, 0.2) is 0 Å². The summed E-state index contributed by atoms with van der Waals surface area (Å²) in [6.07, 6.45) is 1.30. The first kappa shape index (κ1) is 21.3. The van der Waals surface area contributed by atoms with E-state index in [4.69, 9.17) is 11.6 Å². The first-order valence-electron chi connectivity index (χ1n) is 9.44. The van der Waals surface area contributed by atoms with Gasteiger partial charge in [-0.2, -0.15) is 0 Å². The fraction of sp³-hybridized carbons (Fsp3) is 0.136. The van der Waals surface area contributed by atoms with Gasteiger partial charge < -0.3 is 5.32 Å². The van der Waals surface area contributed by atoms with Gasteiger partial charge >= 0.3 is 0 Å². The molecule has 1 amide bonds. The predicted octanol–water partition coefficient (Wildman–Crippen LogP) is 5.01. The number of amides is 1. The molecule has 1 aliphatic heterocycles. The standard InChI is InChI=1S/C22H17ClF2N2O3S/c23-15-7-10-17(11-8-15)31(29,30)27-12-2-3-14-6-9-16(13-20(14)27)26-22(28)21-18(24)4-1-5-19(21)25/h1,4-11,13H,2-3,12H2,(H,26,28). The van der Waals surface area contributed by atoms with E-state index in [-0.39, 0.29) is 17.1 Å². The molecule has 0 aliphatic carbocycles. The number of fused-ring (bicyclic) bond motifs is 1. The van der Waals surface area contributed by atoms with Gasteiger partial charge in [-0.15, -0.1) is 0 Å². The lowest BCUT2D eigenvalue weighted by Gasteiger charge is -2.31. The second-order valence-corrected chi connectivity index (χ2v) is 9.33. The molecule has 31 heavy (non-hydrogen) atoms. The lowest BCUT2D eigenvalue weighted by molar-refractivity contribution is 0.101. The number of aryl methyl sites for hydroxylation is 1. The van der Waals surface area contributed by atoms with Crippen LogP contribution in [0.3, 0.4) is 0 Å². The second kappa shape index (κ2) is 8.28. The van der Waals surface area contributed by atoms with Crippen molar-refractivity contribution in [1.29, 1.82) is 0 Å². The van der Waals surface area contributed by atoms with Gasteiger partial charge in [-0.1, -0.05) is 23.7 Å². The van der Waals surface area contributed by atoms with Crippen molar-refractivity contribution in [2.24, 2.45) is 0 Å². The number of nitrogens with one attached hydrogen (secondary N) is 1. The van der Waals surface area contributed by atoms with E-state index < -0.39 is 33.1 Å². The van der Waals surface area contributed by atoms with Crippen LogP contribution in [0.1, 0.15) is 22.3 Å². The summed E-state index contributed by atoms with van der Waals surface area (Å²) in [5.74, 6) is -2.93. The number of carbonyl (C=O) groups is 1. The van der Waals surface area contributed by atoms with Gasteiger partial charge in [0.1, 0.15) is 17.2 Å². The summed E-state index contributed by atoms with van der Waals surface area (Å²) in [4.78, 5) is 12.5. The zero-order valence-corrected chi connectivity index (χ0v) is 17.7. The van der Waals surface area contributed by atoms with Crippen LogP contribution >= 0.6 is 11.6 Å². The SMILES string of the molecule is O=C(Nc1ccc2c(c1)N(S(=O)(=O)c1ccc(Cl)cc1)CCC2)c1c(F)cccc1F. The Morgan fingerprint density at radius 2 is 1.68 bits per heavy atom. The zero-order chi connectivity index (χ0) is 22.2. The Morgan fingerprint density at radius 1 is 1.00 bits per heavy atom. The molecule has 0 fully saturated rings. The molecular weight excluding hydrogens is 446 g/mol. The monoisotopic (exact) mass is 462 g/mol. The second-order valence-electron chi connectivity index (χ2n) is 7.03. The topological polar surface area (TPSA) is 66.5 Å². The molecule has 1 N–H and O–H groups in total. The van der Waals surface area contributed by atoms with Crippen molar-refractivity contribution in [2.45, 2.75) is 17.7 Å². The van der Waals surface area contributed by atoms with Crippen molar-refractivity contribution in [2.75, 3.05) is 16.2 Å². The van der Waals surface area contributed by atoms with Crippen LogP contribution in [0, 0.1) is 11.6 Å². The molecule has 4 rings (SSSR count). The van der Waals surface area contributed by atoms with Gasteiger partial charge in [0.25, 0.3) is 15.9 Å². The number of hydrogen-bond acceptors (Lipinski definition) is 3. The van der Waals surface area contributed by atoms with Crippen LogP contribution in [-0.4, -0.2) is 20.9 Å². The molecule has 9 heteroatoms. The van der Waals surface area contributed by atoms with E-state index in [9.17, 15) is 22.0 Å². The molecule has 0 bridgehead atoms. The van der Waals surface area contributed by atoms with Crippen molar-refractivity contribution in [3.8, 4) is 0 Å². The van der Waals surface area contributed by atoms with Crippen LogP contribution in [0.15, 0.2) is 65.6 Å². The maximum absolute atomic E-state index is 13.9. The summed E-state index contributed by atoms with van der Waals surface area (Å²) in [5.41, 5.74) is 0.724. The maximum Gasteiger partial charge on any atom is 0.264 e. The Morgan fingerprint density at radius 3 is 2.35 bits per heavy atom. The van der Waals surface area contributed by atoms with E-state index in [0.29, 0.717) is 23.6 Å². The van der Waals surface area contributed by atoms with Gasteiger partial charge in [-0.25, -0.2) is 17.2 Å². The Kier molecular flexibility index (Phi) is 5.68. The molecule has 160 valence electrons. The van der Waals surface area contributed by atoms with Crippen molar-refractivity contribution in [1.82, 2.24) is 0 Å². The minimum atomic E-state index is -3.86. The number of hydrogen-bond donors (Lipinski definition) is 1. The average molecular weight is 463 g/mol. The van der Waals surface area contributed by atoms with Crippen LogP contribution in [0.4, 0.5) is 20.2 Å². The molecule has 0 spiro atoms. The highest BCUT2D eigenvalue weighted by Gasteiger charge is 2.29. The molecule has 0 atom stereocenters. The van der Waals surface area contributed by atoms with E-state index in [1.807, 2.05) is 0 Å². The summed E-state index contributed by atoms with van der Waals surface area (Å²) in [6.45, 7) is 0.261. The normalized spacial score (nSPS) is 13.6. The molecule has 0 unspecified atom stereocenters. The third kappa shape index (κ3) is 4.13. The molecule has 3 aromatic rings. The third-order valence-corrected chi connectivity index (χ3v) is 7.09. The summed E-state index contributed by atoms with van der Waals surface area (Å²) in [6, 6.07) is 13.8. The van der Waals surface area contributed by atoms with Gasteiger partial charge in [0, 0.05) is 17.3 Å².